The summed E-state index contributed by atoms with van der Waals surface area (Å²) in [5.41, 5.74) is 0.186. The Hall–Kier alpha value is -1.94. The number of hydrogen-bond acceptors (Lipinski definition) is 3. The number of rotatable bonds is 3. The molecule has 1 aromatic rings. The molecule has 0 aliphatic heterocycles. The van der Waals surface area contributed by atoms with Gasteiger partial charge in [0, 0.05) is 18.8 Å². The van der Waals surface area contributed by atoms with E-state index in [1.54, 1.807) is 6.92 Å². The van der Waals surface area contributed by atoms with E-state index < -0.39 is 17.6 Å². The van der Waals surface area contributed by atoms with Crippen molar-refractivity contribution in [3.05, 3.63) is 28.5 Å². The predicted octanol–water partition coefficient (Wildman–Crippen LogP) is 2.29. The van der Waals surface area contributed by atoms with Gasteiger partial charge in [0.25, 0.3) is 0 Å². The molecule has 1 unspecified atom stereocenters. The molecule has 1 rings (SSSR count). The molecule has 0 radical (unpaired) electrons. The van der Waals surface area contributed by atoms with Gasteiger partial charge in [-0.1, -0.05) is 0 Å². The van der Waals surface area contributed by atoms with Crippen molar-refractivity contribution in [3.8, 4) is 6.07 Å². The molecule has 1 atom stereocenters. The smallest absolute Gasteiger partial charge is 0.313 e. The van der Waals surface area contributed by atoms with Gasteiger partial charge in [-0.25, -0.2) is 4.39 Å². The number of nitrogens with one attached hydrogen (secondary N) is 1. The number of amides is 2. The maximum absolute atomic E-state index is 13.3. The van der Waals surface area contributed by atoms with Crippen LogP contribution in [0.2, 0.25) is 0 Å². The lowest BCUT2D eigenvalue weighted by molar-refractivity contribution is -0.143. The maximum Gasteiger partial charge on any atom is 0.313 e. The highest BCUT2D eigenvalue weighted by atomic mass is 79.9. The van der Waals surface area contributed by atoms with Crippen LogP contribution in [0.4, 0.5) is 10.1 Å². The molecule has 2 amide bonds. The number of carbonyl (C=O) groups excluding carboxylic acids is 2. The average molecular weight is 342 g/mol. The fraction of sp³-hybridized carbons (Fsp3) is 0.308. The molecular formula is C13H13BrFN3O2. The van der Waals surface area contributed by atoms with Gasteiger partial charge >= 0.3 is 11.8 Å². The van der Waals surface area contributed by atoms with Crippen LogP contribution in [0.1, 0.15) is 13.3 Å². The third-order valence-electron chi connectivity index (χ3n) is 2.74. The van der Waals surface area contributed by atoms with Crippen molar-refractivity contribution in [3.63, 3.8) is 0 Å². The van der Waals surface area contributed by atoms with Gasteiger partial charge in [-0.05, 0) is 41.1 Å². The molecule has 0 saturated heterocycles. The van der Waals surface area contributed by atoms with Crippen LogP contribution in [-0.2, 0) is 9.59 Å². The Bertz CT molecular complexity index is 571. The van der Waals surface area contributed by atoms with Crippen LogP contribution >= 0.6 is 15.9 Å². The van der Waals surface area contributed by atoms with E-state index >= 15 is 0 Å². The Morgan fingerprint density at radius 1 is 1.55 bits per heavy atom. The number of anilines is 1. The normalized spacial score (nSPS) is 11.3. The lowest BCUT2D eigenvalue weighted by Crippen LogP contribution is -2.42. The fourth-order valence-electron chi connectivity index (χ4n) is 1.39. The lowest BCUT2D eigenvalue weighted by atomic mass is 10.2. The highest BCUT2D eigenvalue weighted by Crippen LogP contribution is 2.19. The van der Waals surface area contributed by atoms with Crippen LogP contribution in [0.5, 0.6) is 0 Å². The van der Waals surface area contributed by atoms with E-state index in [9.17, 15) is 14.0 Å². The molecule has 0 fully saturated rings. The van der Waals surface area contributed by atoms with Crippen molar-refractivity contribution >= 4 is 33.4 Å². The summed E-state index contributed by atoms with van der Waals surface area (Å²) in [7, 11) is 1.44. The molecule has 0 heterocycles. The molecule has 0 spiro atoms. The largest absolute Gasteiger partial charge is 0.334 e. The Morgan fingerprint density at radius 3 is 2.75 bits per heavy atom. The number of halogens is 2. The van der Waals surface area contributed by atoms with Gasteiger partial charge in [-0.3, -0.25) is 9.59 Å². The maximum atomic E-state index is 13.3. The van der Waals surface area contributed by atoms with Crippen molar-refractivity contribution in [1.82, 2.24) is 4.90 Å². The molecule has 0 aliphatic carbocycles. The Morgan fingerprint density at radius 2 is 2.20 bits per heavy atom. The van der Waals surface area contributed by atoms with Gasteiger partial charge in [0.05, 0.1) is 17.0 Å². The van der Waals surface area contributed by atoms with Crippen molar-refractivity contribution in [2.24, 2.45) is 0 Å². The minimum atomic E-state index is -0.876. The summed E-state index contributed by atoms with van der Waals surface area (Å²) >= 11 is 2.99. The van der Waals surface area contributed by atoms with Gasteiger partial charge in [0.1, 0.15) is 5.82 Å². The van der Waals surface area contributed by atoms with Crippen LogP contribution in [-0.4, -0.2) is 29.8 Å². The molecule has 5 nitrogen and oxygen atoms in total. The summed E-state index contributed by atoms with van der Waals surface area (Å²) in [6, 6.07) is 5.55. The van der Waals surface area contributed by atoms with Crippen molar-refractivity contribution in [2.45, 2.75) is 19.4 Å². The van der Waals surface area contributed by atoms with Crippen LogP contribution in [0.25, 0.3) is 0 Å². The van der Waals surface area contributed by atoms with Gasteiger partial charge in [-0.2, -0.15) is 5.26 Å². The summed E-state index contributed by atoms with van der Waals surface area (Å²) in [4.78, 5) is 24.7. The summed E-state index contributed by atoms with van der Waals surface area (Å²) in [5, 5.41) is 10.9. The predicted molar refractivity (Wildman–Crippen MR) is 75.2 cm³/mol. The number of hydrogen-bond donors (Lipinski definition) is 1. The molecule has 0 bridgehead atoms. The van der Waals surface area contributed by atoms with Crippen LogP contribution in [0, 0.1) is 17.1 Å². The highest BCUT2D eigenvalue weighted by Gasteiger charge is 2.22. The van der Waals surface area contributed by atoms with E-state index in [1.807, 2.05) is 6.07 Å². The Balaban J connectivity index is 2.73. The molecule has 0 aromatic heterocycles. The standard InChI is InChI=1S/C13H13BrFN3O2/c1-8(5-6-16)18(2)13(20)12(19)17-9-3-4-10(14)11(15)7-9/h3-4,7-8H,5H2,1-2H3,(H,17,19). The molecule has 1 aromatic carbocycles. The first-order valence-electron chi connectivity index (χ1n) is 5.77. The van der Waals surface area contributed by atoms with Gasteiger partial charge in [0.2, 0.25) is 0 Å². The third-order valence-corrected chi connectivity index (χ3v) is 3.38. The zero-order chi connectivity index (χ0) is 15.3. The quantitative estimate of drug-likeness (QED) is 0.857. The van der Waals surface area contributed by atoms with E-state index in [0.717, 1.165) is 6.07 Å². The minimum absolute atomic E-state index is 0.127. The SMILES string of the molecule is CC(CC#N)N(C)C(=O)C(=O)Nc1ccc(Br)c(F)c1. The number of nitrogens with zero attached hydrogens (tertiary/aromatic N) is 2. The number of carbonyl (C=O) groups is 2. The number of likely N-dealkylation sites (N-methyl/N-ethyl adjacent to an activating group) is 1. The van der Waals surface area contributed by atoms with E-state index in [2.05, 4.69) is 21.2 Å². The second-order valence-corrected chi connectivity index (χ2v) is 5.06. The molecule has 0 saturated carbocycles. The summed E-state index contributed by atoms with van der Waals surface area (Å²) in [5.74, 6) is -2.20. The highest BCUT2D eigenvalue weighted by molar-refractivity contribution is 9.10. The summed E-state index contributed by atoms with van der Waals surface area (Å²) in [6.45, 7) is 1.66. The molecule has 106 valence electrons. The first kappa shape index (κ1) is 16.1. The van der Waals surface area contributed by atoms with E-state index in [1.165, 1.54) is 24.1 Å². The minimum Gasteiger partial charge on any atom is -0.334 e. The van der Waals surface area contributed by atoms with Gasteiger partial charge in [0.15, 0.2) is 0 Å². The van der Waals surface area contributed by atoms with E-state index in [-0.39, 0.29) is 22.6 Å². The van der Waals surface area contributed by atoms with Crippen LogP contribution in [0.3, 0.4) is 0 Å². The lowest BCUT2D eigenvalue weighted by Gasteiger charge is -2.22. The molecular weight excluding hydrogens is 329 g/mol. The van der Waals surface area contributed by atoms with Crippen LogP contribution < -0.4 is 5.32 Å². The zero-order valence-electron chi connectivity index (χ0n) is 11.0. The number of nitriles is 1. The van der Waals surface area contributed by atoms with Crippen LogP contribution in [0.15, 0.2) is 22.7 Å². The third kappa shape index (κ3) is 4.03. The summed E-state index contributed by atoms with van der Waals surface area (Å²) in [6.07, 6.45) is 0.127. The molecule has 7 heteroatoms. The number of benzene rings is 1. The van der Waals surface area contributed by atoms with Crippen molar-refractivity contribution in [1.29, 1.82) is 5.26 Å². The fourth-order valence-corrected chi connectivity index (χ4v) is 1.63. The molecule has 20 heavy (non-hydrogen) atoms. The van der Waals surface area contributed by atoms with Gasteiger partial charge < -0.3 is 10.2 Å². The molecule has 0 aliphatic rings. The second-order valence-electron chi connectivity index (χ2n) is 4.21. The Kier molecular flexibility index (Phi) is 5.65. The first-order valence-corrected chi connectivity index (χ1v) is 6.56. The second kappa shape index (κ2) is 7.01. The summed E-state index contributed by atoms with van der Waals surface area (Å²) < 4.78 is 13.6. The topological polar surface area (TPSA) is 73.2 Å². The average Bonchev–Trinajstić information content (AvgIpc) is 2.41. The van der Waals surface area contributed by atoms with E-state index in [4.69, 9.17) is 5.26 Å². The Labute approximate surface area is 124 Å². The van der Waals surface area contributed by atoms with Gasteiger partial charge in [-0.15, -0.1) is 0 Å². The van der Waals surface area contributed by atoms with Crippen molar-refractivity contribution in [2.75, 3.05) is 12.4 Å². The van der Waals surface area contributed by atoms with E-state index in [0.29, 0.717) is 0 Å². The monoisotopic (exact) mass is 341 g/mol. The molecule has 1 N–H and O–H groups in total. The zero-order valence-corrected chi connectivity index (χ0v) is 12.6. The first-order chi connectivity index (χ1) is 9.36. The van der Waals surface area contributed by atoms with Crippen molar-refractivity contribution < 1.29 is 14.0 Å².